The Bertz CT molecular complexity index is 415. The van der Waals surface area contributed by atoms with E-state index in [1.54, 1.807) is 13.3 Å². The molecule has 1 atom stereocenters. The van der Waals surface area contributed by atoms with Crippen LogP contribution in [0.25, 0.3) is 0 Å². The molecule has 0 bridgehead atoms. The largest absolute Gasteiger partial charge is 0.397 e. The molecule has 1 aromatic rings. The van der Waals surface area contributed by atoms with E-state index >= 15 is 0 Å². The first-order valence-corrected chi connectivity index (χ1v) is 6.30. The summed E-state index contributed by atoms with van der Waals surface area (Å²) in [5.41, 5.74) is 0. The number of imidazole rings is 1. The summed E-state index contributed by atoms with van der Waals surface area (Å²) < 4.78 is 37.7. The number of aromatic nitrogens is 2. The van der Waals surface area contributed by atoms with E-state index in [0.29, 0.717) is 0 Å². The molecule has 1 rings (SSSR count). The molecular formula is C9H18N2O5S. The van der Waals surface area contributed by atoms with Crippen molar-refractivity contribution >= 4 is 10.4 Å². The van der Waals surface area contributed by atoms with Crippen LogP contribution < -0.4 is 0 Å². The molecule has 0 aliphatic carbocycles. The highest BCUT2D eigenvalue weighted by Gasteiger charge is 2.06. The van der Waals surface area contributed by atoms with Gasteiger partial charge >= 0.3 is 10.4 Å². The van der Waals surface area contributed by atoms with Crippen molar-refractivity contribution in [3.8, 4) is 0 Å². The van der Waals surface area contributed by atoms with E-state index in [-0.39, 0.29) is 12.7 Å². The van der Waals surface area contributed by atoms with Crippen LogP contribution in [0.5, 0.6) is 0 Å². The Morgan fingerprint density at radius 3 is 2.41 bits per heavy atom. The van der Waals surface area contributed by atoms with Crippen molar-refractivity contribution < 1.29 is 21.9 Å². The van der Waals surface area contributed by atoms with Gasteiger partial charge in [0.2, 0.25) is 0 Å². The number of rotatable bonds is 4. The molecule has 1 aromatic heterocycles. The lowest BCUT2D eigenvalue weighted by Gasteiger charge is -2.07. The number of nitrogens with zero attached hydrogens (tertiary/aromatic N) is 2. The van der Waals surface area contributed by atoms with Gasteiger partial charge in [-0.2, -0.15) is 8.42 Å². The van der Waals surface area contributed by atoms with Gasteiger partial charge in [-0.15, -0.1) is 0 Å². The van der Waals surface area contributed by atoms with Crippen LogP contribution in [0.4, 0.5) is 0 Å². The summed E-state index contributed by atoms with van der Waals surface area (Å²) in [7, 11) is -0.538. The first-order valence-electron chi connectivity index (χ1n) is 4.93. The zero-order valence-electron chi connectivity index (χ0n) is 10.3. The molecule has 8 heteroatoms. The van der Waals surface area contributed by atoms with Gasteiger partial charge in [-0.3, -0.25) is 4.55 Å². The van der Waals surface area contributed by atoms with Gasteiger partial charge in [0, 0.05) is 26.6 Å². The molecule has 0 saturated carbocycles. The second-order valence-electron chi connectivity index (χ2n) is 3.11. The quantitative estimate of drug-likeness (QED) is 0.816. The molecule has 1 unspecified atom stereocenters. The third-order valence-corrected chi connectivity index (χ3v) is 2.38. The Labute approximate surface area is 101 Å². The van der Waals surface area contributed by atoms with E-state index in [2.05, 4.69) is 9.17 Å². The zero-order chi connectivity index (χ0) is 13.5. The van der Waals surface area contributed by atoms with Crippen LogP contribution in [0, 0.1) is 0 Å². The van der Waals surface area contributed by atoms with Gasteiger partial charge in [0.1, 0.15) is 11.9 Å². The lowest BCUT2D eigenvalue weighted by Crippen LogP contribution is -2.03. The van der Waals surface area contributed by atoms with Crippen molar-refractivity contribution in [3.63, 3.8) is 0 Å². The maximum absolute atomic E-state index is 9.56. The van der Waals surface area contributed by atoms with E-state index in [1.807, 2.05) is 24.7 Å². The molecule has 0 aromatic carbocycles. The molecule has 0 amide bonds. The van der Waals surface area contributed by atoms with E-state index in [9.17, 15) is 8.42 Å². The summed E-state index contributed by atoms with van der Waals surface area (Å²) in [4.78, 5) is 4.12. The SMILES string of the molecule is CCOS(=O)(=O)O.COC(C)c1nccn1C. The monoisotopic (exact) mass is 266 g/mol. The molecule has 0 fully saturated rings. The van der Waals surface area contributed by atoms with Crippen LogP contribution in [-0.2, 0) is 26.4 Å². The van der Waals surface area contributed by atoms with Gasteiger partial charge in [-0.25, -0.2) is 9.17 Å². The highest BCUT2D eigenvalue weighted by Crippen LogP contribution is 2.10. The maximum Gasteiger partial charge on any atom is 0.397 e. The number of methoxy groups -OCH3 is 1. The van der Waals surface area contributed by atoms with Gasteiger partial charge in [-0.1, -0.05) is 0 Å². The van der Waals surface area contributed by atoms with Crippen LogP contribution in [0.15, 0.2) is 12.4 Å². The second-order valence-corrected chi connectivity index (χ2v) is 4.20. The topological polar surface area (TPSA) is 90.7 Å². The fourth-order valence-electron chi connectivity index (χ4n) is 1.02. The number of ether oxygens (including phenoxy) is 1. The fourth-order valence-corrected chi connectivity index (χ4v) is 1.32. The number of hydrogen-bond donors (Lipinski definition) is 1. The highest BCUT2D eigenvalue weighted by atomic mass is 32.3. The summed E-state index contributed by atoms with van der Waals surface area (Å²) in [5, 5.41) is 0. The first kappa shape index (κ1) is 16.0. The minimum Gasteiger partial charge on any atom is -0.374 e. The smallest absolute Gasteiger partial charge is 0.374 e. The summed E-state index contributed by atoms with van der Waals surface area (Å²) in [6.07, 6.45) is 3.76. The Hall–Kier alpha value is -0.960. The van der Waals surface area contributed by atoms with Gasteiger partial charge in [0.25, 0.3) is 0 Å². The lowest BCUT2D eigenvalue weighted by molar-refractivity contribution is 0.109. The summed E-state index contributed by atoms with van der Waals surface area (Å²) in [5.74, 6) is 0.961. The van der Waals surface area contributed by atoms with E-state index in [0.717, 1.165) is 5.82 Å². The summed E-state index contributed by atoms with van der Waals surface area (Å²) in [6, 6.07) is 0. The van der Waals surface area contributed by atoms with Crippen molar-refractivity contribution in [1.29, 1.82) is 0 Å². The third-order valence-electron chi connectivity index (χ3n) is 1.84. The van der Waals surface area contributed by atoms with Crippen molar-refractivity contribution in [1.82, 2.24) is 9.55 Å². The molecule has 0 spiro atoms. The lowest BCUT2D eigenvalue weighted by atomic mass is 10.4. The van der Waals surface area contributed by atoms with E-state index in [4.69, 9.17) is 9.29 Å². The Balaban J connectivity index is 0.000000325. The standard InChI is InChI=1S/C7H12N2O.C2H6O4S/c1-6(10-3)7-8-4-5-9(7)2;1-2-6-7(3,4)5/h4-6H,1-3H3;2H2,1H3,(H,3,4,5). The minimum atomic E-state index is -4.17. The Morgan fingerprint density at radius 2 is 2.18 bits per heavy atom. The fraction of sp³-hybridized carbons (Fsp3) is 0.667. The van der Waals surface area contributed by atoms with Crippen LogP contribution in [-0.4, -0.2) is 36.2 Å². The summed E-state index contributed by atoms with van der Waals surface area (Å²) in [6.45, 7) is 3.41. The van der Waals surface area contributed by atoms with E-state index < -0.39 is 10.4 Å². The molecule has 0 aliphatic rings. The van der Waals surface area contributed by atoms with Crippen LogP contribution >= 0.6 is 0 Å². The van der Waals surface area contributed by atoms with Gasteiger partial charge in [0.15, 0.2) is 0 Å². The van der Waals surface area contributed by atoms with Gasteiger partial charge < -0.3 is 9.30 Å². The summed E-state index contributed by atoms with van der Waals surface area (Å²) >= 11 is 0. The van der Waals surface area contributed by atoms with Crippen LogP contribution in [0.1, 0.15) is 25.8 Å². The predicted molar refractivity (Wildman–Crippen MR) is 61.8 cm³/mol. The average Bonchev–Trinajstić information content (AvgIpc) is 2.62. The van der Waals surface area contributed by atoms with Crippen molar-refractivity contribution in [2.45, 2.75) is 20.0 Å². The Morgan fingerprint density at radius 1 is 1.59 bits per heavy atom. The second kappa shape index (κ2) is 7.38. The van der Waals surface area contributed by atoms with Gasteiger partial charge in [0.05, 0.1) is 6.61 Å². The molecule has 0 saturated heterocycles. The maximum atomic E-state index is 9.56. The average molecular weight is 266 g/mol. The van der Waals surface area contributed by atoms with Crippen LogP contribution in [0.3, 0.4) is 0 Å². The highest BCUT2D eigenvalue weighted by molar-refractivity contribution is 7.80. The number of aryl methyl sites for hydroxylation is 1. The third kappa shape index (κ3) is 7.05. The first-order chi connectivity index (χ1) is 7.81. The molecular weight excluding hydrogens is 248 g/mol. The molecule has 0 radical (unpaired) electrons. The van der Waals surface area contributed by atoms with E-state index in [1.165, 1.54) is 6.92 Å². The van der Waals surface area contributed by atoms with Crippen molar-refractivity contribution in [2.24, 2.45) is 7.05 Å². The predicted octanol–water partition coefficient (Wildman–Crippen LogP) is 0.953. The minimum absolute atomic E-state index is 0.0289. The molecule has 1 heterocycles. The normalized spacial score (nSPS) is 12.8. The molecule has 0 aliphatic heterocycles. The van der Waals surface area contributed by atoms with Gasteiger partial charge in [-0.05, 0) is 13.8 Å². The van der Waals surface area contributed by atoms with Crippen molar-refractivity contribution in [2.75, 3.05) is 13.7 Å². The molecule has 100 valence electrons. The molecule has 17 heavy (non-hydrogen) atoms. The van der Waals surface area contributed by atoms with Crippen LogP contribution in [0.2, 0.25) is 0 Å². The van der Waals surface area contributed by atoms with Crippen molar-refractivity contribution in [3.05, 3.63) is 18.2 Å². The molecule has 7 nitrogen and oxygen atoms in total. The Kier molecular flexibility index (Phi) is 6.97. The molecule has 1 N–H and O–H groups in total. The number of hydrogen-bond acceptors (Lipinski definition) is 5. The zero-order valence-corrected chi connectivity index (χ0v) is 11.1.